The predicted octanol–water partition coefficient (Wildman–Crippen LogP) is 2.74. The fraction of sp³-hybridized carbons (Fsp3) is 0.471. The molecule has 1 aromatic heterocycles. The highest BCUT2D eigenvalue weighted by atomic mass is 16.5. The number of fused-ring (bicyclic) bond motifs is 5. The molecule has 2 atom stereocenters. The van der Waals surface area contributed by atoms with Gasteiger partial charge < -0.3 is 15.0 Å². The van der Waals surface area contributed by atoms with Crippen molar-refractivity contribution in [1.82, 2.24) is 10.3 Å². The van der Waals surface area contributed by atoms with Crippen molar-refractivity contribution in [1.29, 1.82) is 0 Å². The van der Waals surface area contributed by atoms with Gasteiger partial charge in [0.15, 0.2) is 0 Å². The average Bonchev–Trinajstić information content (AvgIpc) is 2.98. The summed E-state index contributed by atoms with van der Waals surface area (Å²) in [7, 11) is 1.42. The summed E-state index contributed by atoms with van der Waals surface area (Å²) in [5.41, 5.74) is 4.48. The van der Waals surface area contributed by atoms with Crippen molar-refractivity contribution in [2.45, 2.75) is 37.6 Å². The molecular weight excluding hydrogens is 264 g/mol. The smallest absolute Gasteiger partial charge is 0.354 e. The normalized spacial score (nSPS) is 24.4. The minimum atomic E-state index is -0.298. The maximum atomic E-state index is 11.7. The molecule has 1 aromatic carbocycles. The Balaban J connectivity index is 1.83. The number of rotatable bonds is 1. The summed E-state index contributed by atoms with van der Waals surface area (Å²) >= 11 is 0. The fourth-order valence-corrected chi connectivity index (χ4v) is 4.06. The minimum absolute atomic E-state index is 0.298. The minimum Gasteiger partial charge on any atom is -0.464 e. The Morgan fingerprint density at radius 2 is 2.24 bits per heavy atom. The zero-order chi connectivity index (χ0) is 14.4. The van der Waals surface area contributed by atoms with Crippen molar-refractivity contribution < 1.29 is 9.53 Å². The third-order valence-corrected chi connectivity index (χ3v) is 5.05. The molecule has 0 unspecified atom stereocenters. The van der Waals surface area contributed by atoms with E-state index in [1.807, 2.05) is 6.07 Å². The number of ether oxygens (including phenoxy) is 1. The Labute approximate surface area is 123 Å². The first-order valence-corrected chi connectivity index (χ1v) is 7.74. The second-order valence-corrected chi connectivity index (χ2v) is 6.12. The van der Waals surface area contributed by atoms with E-state index in [1.54, 1.807) is 0 Å². The van der Waals surface area contributed by atoms with Crippen LogP contribution in [0.1, 0.15) is 46.8 Å². The van der Waals surface area contributed by atoms with Crippen LogP contribution in [0.2, 0.25) is 0 Å². The number of aromatic amines is 1. The number of benzene rings is 1. The van der Waals surface area contributed by atoms with Gasteiger partial charge in [-0.2, -0.15) is 0 Å². The largest absolute Gasteiger partial charge is 0.464 e. The Morgan fingerprint density at radius 3 is 3.10 bits per heavy atom. The number of aryl methyl sites for hydroxylation is 1. The molecule has 0 radical (unpaired) electrons. The van der Waals surface area contributed by atoms with E-state index in [9.17, 15) is 4.79 Å². The van der Waals surface area contributed by atoms with Crippen molar-refractivity contribution in [3.05, 3.63) is 35.0 Å². The van der Waals surface area contributed by atoms with Crippen LogP contribution in [0.15, 0.2) is 18.2 Å². The lowest BCUT2D eigenvalue weighted by Gasteiger charge is -2.38. The first-order valence-electron chi connectivity index (χ1n) is 7.74. The summed E-state index contributed by atoms with van der Waals surface area (Å²) in [6.07, 6.45) is 4.79. The fourth-order valence-electron chi connectivity index (χ4n) is 4.06. The van der Waals surface area contributed by atoms with Crippen LogP contribution in [0.3, 0.4) is 0 Å². The predicted molar refractivity (Wildman–Crippen MR) is 81.7 cm³/mol. The molecule has 0 saturated carbocycles. The number of esters is 1. The van der Waals surface area contributed by atoms with Crippen molar-refractivity contribution >= 4 is 16.9 Å². The number of methoxy groups -OCH3 is 1. The van der Waals surface area contributed by atoms with Crippen LogP contribution in [0, 0.1) is 0 Å². The maximum Gasteiger partial charge on any atom is 0.354 e. The van der Waals surface area contributed by atoms with Gasteiger partial charge in [-0.25, -0.2) is 4.79 Å². The monoisotopic (exact) mass is 284 g/mol. The second kappa shape index (κ2) is 4.88. The second-order valence-electron chi connectivity index (χ2n) is 6.12. The Hall–Kier alpha value is -1.81. The van der Waals surface area contributed by atoms with Gasteiger partial charge in [0.1, 0.15) is 5.69 Å². The lowest BCUT2D eigenvalue weighted by Crippen LogP contribution is -2.42. The summed E-state index contributed by atoms with van der Waals surface area (Å²) in [4.78, 5) is 14.9. The highest BCUT2D eigenvalue weighted by molar-refractivity contribution is 5.96. The SMILES string of the molecule is COC(=O)c1cc2c3c(ccc2[nH]1)[C@H]1CCCN[C@@H]1CC3. The zero-order valence-electron chi connectivity index (χ0n) is 12.2. The lowest BCUT2D eigenvalue weighted by atomic mass is 9.74. The third kappa shape index (κ3) is 1.97. The van der Waals surface area contributed by atoms with E-state index in [-0.39, 0.29) is 5.97 Å². The molecule has 4 rings (SSSR count). The van der Waals surface area contributed by atoms with Crippen molar-refractivity contribution in [3.8, 4) is 0 Å². The van der Waals surface area contributed by atoms with Crippen LogP contribution in [-0.4, -0.2) is 30.6 Å². The standard InChI is InChI=1S/C17H20N2O2/c1-21-17(20)16-9-13-11-4-6-14-12(3-2-8-18-14)10(11)5-7-15(13)19-16/h5,7,9,12,14,18-19H,2-4,6,8H2,1H3/t12-,14-/m1/s1. The molecule has 4 heteroatoms. The molecule has 1 aliphatic heterocycles. The van der Waals surface area contributed by atoms with Crippen LogP contribution in [-0.2, 0) is 11.2 Å². The van der Waals surface area contributed by atoms with Crippen molar-refractivity contribution in [2.75, 3.05) is 13.7 Å². The zero-order valence-corrected chi connectivity index (χ0v) is 12.2. The van der Waals surface area contributed by atoms with Gasteiger partial charge in [0.05, 0.1) is 7.11 Å². The average molecular weight is 284 g/mol. The number of nitrogens with one attached hydrogen (secondary N) is 2. The summed E-state index contributed by atoms with van der Waals surface area (Å²) in [5, 5.41) is 4.85. The summed E-state index contributed by atoms with van der Waals surface area (Å²) in [6, 6.07) is 6.94. The van der Waals surface area contributed by atoms with Gasteiger partial charge in [-0.05, 0) is 61.4 Å². The molecule has 2 heterocycles. The Bertz CT molecular complexity index is 704. The van der Waals surface area contributed by atoms with Crippen LogP contribution in [0.4, 0.5) is 0 Å². The van der Waals surface area contributed by atoms with Crippen LogP contribution in [0.25, 0.3) is 10.9 Å². The molecule has 0 amide bonds. The first kappa shape index (κ1) is 12.9. The summed E-state index contributed by atoms with van der Waals surface area (Å²) in [6.45, 7) is 1.15. The quantitative estimate of drug-likeness (QED) is 0.792. The molecule has 21 heavy (non-hydrogen) atoms. The molecule has 1 saturated heterocycles. The van der Waals surface area contributed by atoms with Gasteiger partial charge in [0, 0.05) is 16.9 Å². The van der Waals surface area contributed by atoms with Gasteiger partial charge in [0.2, 0.25) is 0 Å². The third-order valence-electron chi connectivity index (χ3n) is 5.05. The van der Waals surface area contributed by atoms with Gasteiger partial charge in [-0.3, -0.25) is 0 Å². The highest BCUT2D eigenvalue weighted by Gasteiger charge is 2.32. The maximum absolute atomic E-state index is 11.7. The van der Waals surface area contributed by atoms with E-state index in [4.69, 9.17) is 4.74 Å². The van der Waals surface area contributed by atoms with Crippen LogP contribution in [0.5, 0.6) is 0 Å². The number of carbonyl (C=O) groups excluding carboxylic acids is 1. The topological polar surface area (TPSA) is 54.1 Å². The molecule has 2 aliphatic rings. The van der Waals surface area contributed by atoms with E-state index in [0.717, 1.165) is 18.5 Å². The Morgan fingerprint density at radius 1 is 1.33 bits per heavy atom. The van der Waals surface area contributed by atoms with E-state index in [1.165, 1.54) is 42.9 Å². The number of hydrogen-bond donors (Lipinski definition) is 2. The van der Waals surface area contributed by atoms with Crippen LogP contribution >= 0.6 is 0 Å². The number of carbonyl (C=O) groups is 1. The van der Waals surface area contributed by atoms with Crippen molar-refractivity contribution in [2.24, 2.45) is 0 Å². The summed E-state index contributed by atoms with van der Waals surface area (Å²) in [5.74, 6) is 0.330. The van der Waals surface area contributed by atoms with Gasteiger partial charge in [-0.1, -0.05) is 6.07 Å². The Kier molecular flexibility index (Phi) is 3.00. The van der Waals surface area contributed by atoms with E-state index < -0.39 is 0 Å². The number of aromatic nitrogens is 1. The van der Waals surface area contributed by atoms with E-state index >= 15 is 0 Å². The number of hydrogen-bond acceptors (Lipinski definition) is 3. The molecule has 1 fully saturated rings. The molecule has 0 bridgehead atoms. The van der Waals surface area contributed by atoms with E-state index in [0.29, 0.717) is 17.7 Å². The van der Waals surface area contributed by atoms with Crippen LogP contribution < -0.4 is 5.32 Å². The molecule has 1 aliphatic carbocycles. The molecule has 2 N–H and O–H groups in total. The first-order chi connectivity index (χ1) is 10.3. The molecule has 0 spiro atoms. The molecule has 110 valence electrons. The number of piperidine rings is 1. The van der Waals surface area contributed by atoms with Crippen molar-refractivity contribution in [3.63, 3.8) is 0 Å². The van der Waals surface area contributed by atoms with E-state index in [2.05, 4.69) is 22.4 Å². The van der Waals surface area contributed by atoms with Gasteiger partial charge >= 0.3 is 5.97 Å². The highest BCUT2D eigenvalue weighted by Crippen LogP contribution is 2.40. The molecule has 4 nitrogen and oxygen atoms in total. The van der Waals surface area contributed by atoms with Gasteiger partial charge in [-0.15, -0.1) is 0 Å². The number of H-pyrrole nitrogens is 1. The molecular formula is C17H20N2O2. The lowest BCUT2D eigenvalue weighted by molar-refractivity contribution is 0.0595. The summed E-state index contributed by atoms with van der Waals surface area (Å²) < 4.78 is 4.82. The molecule has 2 aromatic rings. The van der Waals surface area contributed by atoms with Gasteiger partial charge in [0.25, 0.3) is 0 Å².